The van der Waals surface area contributed by atoms with E-state index < -0.39 is 5.41 Å². The van der Waals surface area contributed by atoms with E-state index in [1.54, 1.807) is 24.1 Å². The molecule has 164 valence electrons. The minimum atomic E-state index is -0.406. The van der Waals surface area contributed by atoms with Crippen molar-refractivity contribution in [3.63, 3.8) is 0 Å². The second-order valence-electron chi connectivity index (χ2n) is 8.31. The van der Waals surface area contributed by atoms with Crippen molar-refractivity contribution >= 4 is 11.8 Å². The van der Waals surface area contributed by atoms with E-state index >= 15 is 0 Å². The number of nitrogens with zero attached hydrogens (tertiary/aromatic N) is 3. The molecule has 8 nitrogen and oxygen atoms in total. The summed E-state index contributed by atoms with van der Waals surface area (Å²) in [4.78, 5) is 31.9. The number of amides is 2. The van der Waals surface area contributed by atoms with Gasteiger partial charge in [0.1, 0.15) is 11.5 Å². The predicted octanol–water partition coefficient (Wildman–Crippen LogP) is 0.857. The highest BCUT2D eigenvalue weighted by Crippen LogP contribution is 2.40. The first-order valence-electron chi connectivity index (χ1n) is 10.7. The summed E-state index contributed by atoms with van der Waals surface area (Å²) >= 11 is 0. The summed E-state index contributed by atoms with van der Waals surface area (Å²) in [6, 6.07) is 7.21. The maximum atomic E-state index is 13.1. The van der Waals surface area contributed by atoms with E-state index in [4.69, 9.17) is 14.2 Å². The van der Waals surface area contributed by atoms with Gasteiger partial charge in [0, 0.05) is 51.9 Å². The van der Waals surface area contributed by atoms with E-state index in [9.17, 15) is 9.59 Å². The average Bonchev–Trinajstić information content (AvgIpc) is 3.36. The van der Waals surface area contributed by atoms with Crippen LogP contribution in [0.3, 0.4) is 0 Å². The molecule has 0 saturated carbocycles. The van der Waals surface area contributed by atoms with E-state index in [0.29, 0.717) is 24.6 Å². The molecule has 0 N–H and O–H groups in total. The molecule has 0 aromatic heterocycles. The van der Waals surface area contributed by atoms with Gasteiger partial charge >= 0.3 is 0 Å². The highest BCUT2D eigenvalue weighted by molar-refractivity contribution is 5.87. The van der Waals surface area contributed by atoms with Crippen molar-refractivity contribution in [2.45, 2.75) is 12.8 Å². The number of rotatable bonds is 7. The minimum Gasteiger partial charge on any atom is -0.497 e. The Balaban J connectivity index is 1.26. The molecule has 3 aliphatic heterocycles. The number of likely N-dealkylation sites (tertiary alicyclic amines) is 2. The van der Waals surface area contributed by atoms with E-state index in [1.807, 2.05) is 17.0 Å². The third-order valence-corrected chi connectivity index (χ3v) is 6.50. The lowest BCUT2D eigenvalue weighted by Crippen LogP contribution is -2.44. The molecule has 1 spiro atoms. The van der Waals surface area contributed by atoms with Gasteiger partial charge in [-0.1, -0.05) is 6.07 Å². The van der Waals surface area contributed by atoms with Crippen LogP contribution in [0.2, 0.25) is 0 Å². The van der Waals surface area contributed by atoms with Gasteiger partial charge in [-0.15, -0.1) is 0 Å². The molecule has 0 radical (unpaired) electrons. The molecule has 30 heavy (non-hydrogen) atoms. The normalized spacial score (nSPS) is 24.6. The van der Waals surface area contributed by atoms with Gasteiger partial charge in [0.25, 0.3) is 5.91 Å². The van der Waals surface area contributed by atoms with Crippen molar-refractivity contribution in [2.75, 3.05) is 72.7 Å². The number of hydrogen-bond donors (Lipinski definition) is 0. The smallest absolute Gasteiger partial charge is 0.260 e. The Morgan fingerprint density at radius 3 is 2.67 bits per heavy atom. The number of carbonyl (C=O) groups excluding carboxylic acids is 2. The molecule has 3 saturated heterocycles. The molecule has 3 fully saturated rings. The van der Waals surface area contributed by atoms with Crippen molar-refractivity contribution in [1.29, 1.82) is 0 Å². The zero-order valence-corrected chi connectivity index (χ0v) is 17.7. The molecular weight excluding hydrogens is 386 g/mol. The van der Waals surface area contributed by atoms with Crippen LogP contribution in [0.4, 0.5) is 0 Å². The molecule has 1 aromatic rings. The lowest BCUT2D eigenvalue weighted by molar-refractivity contribution is -0.137. The van der Waals surface area contributed by atoms with Crippen LogP contribution in [0.15, 0.2) is 24.3 Å². The Hall–Kier alpha value is -2.32. The average molecular weight is 418 g/mol. The molecule has 0 aliphatic carbocycles. The summed E-state index contributed by atoms with van der Waals surface area (Å²) in [5, 5.41) is 0. The molecule has 2 amide bonds. The van der Waals surface area contributed by atoms with Crippen molar-refractivity contribution in [3.05, 3.63) is 24.3 Å². The van der Waals surface area contributed by atoms with Crippen LogP contribution >= 0.6 is 0 Å². The molecule has 0 bridgehead atoms. The van der Waals surface area contributed by atoms with Crippen LogP contribution in [0, 0.1) is 5.41 Å². The fraction of sp³-hybridized carbons (Fsp3) is 0.636. The summed E-state index contributed by atoms with van der Waals surface area (Å²) in [5.74, 6) is 1.42. The summed E-state index contributed by atoms with van der Waals surface area (Å²) in [7, 11) is 1.59. The first-order chi connectivity index (χ1) is 14.6. The Kier molecular flexibility index (Phi) is 6.43. The first-order valence-corrected chi connectivity index (χ1v) is 10.7. The van der Waals surface area contributed by atoms with Crippen LogP contribution in [-0.2, 0) is 14.3 Å². The Bertz CT molecular complexity index is 767. The molecule has 1 unspecified atom stereocenters. The van der Waals surface area contributed by atoms with Crippen LogP contribution in [-0.4, -0.2) is 99.3 Å². The second kappa shape index (κ2) is 9.22. The summed E-state index contributed by atoms with van der Waals surface area (Å²) in [6.45, 7) is 6.92. The molecule has 1 atom stereocenters. The van der Waals surface area contributed by atoms with E-state index in [1.165, 1.54) is 0 Å². The van der Waals surface area contributed by atoms with Crippen molar-refractivity contribution in [2.24, 2.45) is 5.41 Å². The van der Waals surface area contributed by atoms with Crippen molar-refractivity contribution in [1.82, 2.24) is 14.7 Å². The summed E-state index contributed by atoms with van der Waals surface area (Å²) < 4.78 is 16.2. The predicted molar refractivity (Wildman–Crippen MR) is 111 cm³/mol. The number of morpholine rings is 1. The maximum absolute atomic E-state index is 13.1. The van der Waals surface area contributed by atoms with E-state index in [0.717, 1.165) is 58.8 Å². The van der Waals surface area contributed by atoms with Crippen molar-refractivity contribution in [3.8, 4) is 11.5 Å². The highest BCUT2D eigenvalue weighted by atomic mass is 16.5. The standard InChI is InChI=1S/C22H31N3O5/c1-28-18-3-2-4-19(15-18)30-16-20(26)25-8-6-22(17-25)5-7-24(21(22)27)10-9-23-11-13-29-14-12-23/h2-4,15H,5-14,16-17H2,1H3. The quantitative estimate of drug-likeness (QED) is 0.655. The highest BCUT2D eigenvalue weighted by Gasteiger charge is 2.51. The fourth-order valence-corrected chi connectivity index (χ4v) is 4.58. The van der Waals surface area contributed by atoms with Gasteiger partial charge in [-0.05, 0) is 25.0 Å². The van der Waals surface area contributed by atoms with Gasteiger partial charge in [0.05, 0.1) is 25.7 Å². The lowest BCUT2D eigenvalue weighted by Gasteiger charge is -2.29. The lowest BCUT2D eigenvalue weighted by atomic mass is 9.85. The van der Waals surface area contributed by atoms with Crippen LogP contribution in [0.5, 0.6) is 11.5 Å². The molecule has 8 heteroatoms. The third-order valence-electron chi connectivity index (χ3n) is 6.50. The summed E-state index contributed by atoms with van der Waals surface area (Å²) in [5.41, 5.74) is -0.406. The SMILES string of the molecule is COc1cccc(OCC(=O)N2CCC3(CCN(CCN4CCOCC4)C3=O)C2)c1. The summed E-state index contributed by atoms with van der Waals surface area (Å²) in [6.07, 6.45) is 1.57. The number of hydrogen-bond acceptors (Lipinski definition) is 6. The van der Waals surface area contributed by atoms with Crippen LogP contribution in [0.1, 0.15) is 12.8 Å². The molecule has 3 heterocycles. The van der Waals surface area contributed by atoms with Crippen molar-refractivity contribution < 1.29 is 23.8 Å². The van der Waals surface area contributed by atoms with Crippen LogP contribution in [0.25, 0.3) is 0 Å². The van der Waals surface area contributed by atoms with E-state index in [-0.39, 0.29) is 18.4 Å². The Labute approximate surface area is 177 Å². The molecule has 4 rings (SSSR count). The van der Waals surface area contributed by atoms with Gasteiger partial charge in [-0.3, -0.25) is 14.5 Å². The largest absolute Gasteiger partial charge is 0.497 e. The zero-order chi connectivity index (χ0) is 21.0. The molecule has 3 aliphatic rings. The first kappa shape index (κ1) is 20.9. The fourth-order valence-electron chi connectivity index (χ4n) is 4.58. The monoisotopic (exact) mass is 417 g/mol. The topological polar surface area (TPSA) is 71.6 Å². The van der Waals surface area contributed by atoms with Gasteiger partial charge in [-0.25, -0.2) is 0 Å². The Morgan fingerprint density at radius 1 is 1.10 bits per heavy atom. The van der Waals surface area contributed by atoms with Gasteiger partial charge in [0.15, 0.2) is 6.61 Å². The zero-order valence-electron chi connectivity index (χ0n) is 17.7. The van der Waals surface area contributed by atoms with Gasteiger partial charge in [0.2, 0.25) is 5.91 Å². The minimum absolute atomic E-state index is 0.0296. The number of carbonyl (C=O) groups is 2. The maximum Gasteiger partial charge on any atom is 0.260 e. The van der Waals surface area contributed by atoms with Crippen LogP contribution < -0.4 is 9.47 Å². The number of benzene rings is 1. The molecular formula is C22H31N3O5. The second-order valence-corrected chi connectivity index (χ2v) is 8.31. The van der Waals surface area contributed by atoms with Gasteiger partial charge in [-0.2, -0.15) is 0 Å². The number of ether oxygens (including phenoxy) is 3. The third kappa shape index (κ3) is 4.54. The van der Waals surface area contributed by atoms with Gasteiger partial charge < -0.3 is 24.0 Å². The Morgan fingerprint density at radius 2 is 1.87 bits per heavy atom. The number of methoxy groups -OCH3 is 1. The molecule has 1 aromatic carbocycles. The van der Waals surface area contributed by atoms with E-state index in [2.05, 4.69) is 4.90 Å².